The maximum Gasteiger partial charge on any atom is 0.161 e. The summed E-state index contributed by atoms with van der Waals surface area (Å²) in [5.41, 5.74) is 0.362. The minimum absolute atomic E-state index is 0.0846. The molecular weight excluding hydrogens is 332 g/mol. The maximum atomic E-state index is 12.0. The molecule has 1 fully saturated rings. The minimum atomic E-state index is -1.50. The van der Waals surface area contributed by atoms with Gasteiger partial charge < -0.3 is 10.2 Å². The monoisotopic (exact) mass is 358 g/mol. The number of hydrogen-bond donors (Lipinski definition) is 2. The standard InChI is InChI=1S/C25H26O2/c1-2-10-22-20-13-6-7-14-21(20)23-15-8-9-17-24(23,26)25(22,27)18-16-19-11-4-3-5-12-19/h2-7,11-14,22-23,26-27H,1,8-10,15,17H2/t22-,23-,24+,25?/m0/s1. The summed E-state index contributed by atoms with van der Waals surface area (Å²) in [6, 6.07) is 17.9. The highest BCUT2D eigenvalue weighted by atomic mass is 16.4. The molecule has 0 bridgehead atoms. The fourth-order valence-electron chi connectivity index (χ4n) is 5.05. The van der Waals surface area contributed by atoms with E-state index in [0.717, 1.165) is 36.0 Å². The van der Waals surface area contributed by atoms with Crippen molar-refractivity contribution in [2.45, 2.75) is 55.1 Å². The molecule has 2 aromatic carbocycles. The Hall–Kier alpha value is -2.34. The highest BCUT2D eigenvalue weighted by Crippen LogP contribution is 2.57. The molecule has 2 heteroatoms. The zero-order chi connectivity index (χ0) is 18.9. The fraction of sp³-hybridized carbons (Fsp3) is 0.360. The van der Waals surface area contributed by atoms with Crippen molar-refractivity contribution in [3.63, 3.8) is 0 Å². The quantitative estimate of drug-likeness (QED) is 0.612. The van der Waals surface area contributed by atoms with Crippen molar-refractivity contribution in [1.82, 2.24) is 0 Å². The zero-order valence-corrected chi connectivity index (χ0v) is 15.6. The lowest BCUT2D eigenvalue weighted by Crippen LogP contribution is -2.63. The first kappa shape index (κ1) is 18.0. The van der Waals surface area contributed by atoms with Crippen LogP contribution in [0.3, 0.4) is 0 Å². The van der Waals surface area contributed by atoms with Gasteiger partial charge in [0.25, 0.3) is 0 Å². The molecule has 0 spiro atoms. The molecule has 1 unspecified atom stereocenters. The molecule has 0 amide bonds. The molecule has 2 aliphatic rings. The van der Waals surface area contributed by atoms with Gasteiger partial charge >= 0.3 is 0 Å². The van der Waals surface area contributed by atoms with E-state index >= 15 is 0 Å². The average Bonchev–Trinajstić information content (AvgIpc) is 2.71. The topological polar surface area (TPSA) is 40.5 Å². The van der Waals surface area contributed by atoms with Gasteiger partial charge in [-0.15, -0.1) is 6.58 Å². The summed E-state index contributed by atoms with van der Waals surface area (Å²) < 4.78 is 0. The second-order valence-electron chi connectivity index (χ2n) is 7.81. The Kier molecular flexibility index (Phi) is 4.68. The SMILES string of the molecule is C=CC[C@H]1c2ccccc2[C@@H]2CCCC[C@]2(O)C1(O)C#Cc1ccccc1. The molecule has 27 heavy (non-hydrogen) atoms. The van der Waals surface area contributed by atoms with Gasteiger partial charge in [-0.25, -0.2) is 0 Å². The molecule has 4 atom stereocenters. The molecule has 4 rings (SSSR count). The largest absolute Gasteiger partial charge is 0.385 e. The van der Waals surface area contributed by atoms with E-state index in [4.69, 9.17) is 0 Å². The van der Waals surface area contributed by atoms with E-state index in [1.165, 1.54) is 0 Å². The van der Waals surface area contributed by atoms with Crippen molar-refractivity contribution in [3.05, 3.63) is 83.9 Å². The molecule has 0 radical (unpaired) electrons. The van der Waals surface area contributed by atoms with Gasteiger partial charge in [-0.2, -0.15) is 0 Å². The Bertz CT molecular complexity index is 891. The molecule has 0 aliphatic heterocycles. The lowest BCUT2D eigenvalue weighted by Gasteiger charge is -2.55. The summed E-state index contributed by atoms with van der Waals surface area (Å²) in [5.74, 6) is 5.90. The van der Waals surface area contributed by atoms with Crippen LogP contribution in [0.5, 0.6) is 0 Å². The molecule has 1 saturated carbocycles. The predicted octanol–water partition coefficient (Wildman–Crippen LogP) is 4.53. The van der Waals surface area contributed by atoms with Crippen LogP contribution in [-0.4, -0.2) is 21.4 Å². The normalized spacial score (nSPS) is 31.8. The van der Waals surface area contributed by atoms with E-state index in [1.54, 1.807) is 0 Å². The first-order chi connectivity index (χ1) is 13.1. The van der Waals surface area contributed by atoms with Crippen LogP contribution in [0.4, 0.5) is 0 Å². The molecule has 2 aromatic rings. The first-order valence-corrected chi connectivity index (χ1v) is 9.83. The number of fused-ring (bicyclic) bond motifs is 3. The summed E-state index contributed by atoms with van der Waals surface area (Å²) in [7, 11) is 0. The highest BCUT2D eigenvalue weighted by Gasteiger charge is 2.61. The van der Waals surface area contributed by atoms with Crippen LogP contribution in [-0.2, 0) is 0 Å². The minimum Gasteiger partial charge on any atom is -0.385 e. The van der Waals surface area contributed by atoms with Gasteiger partial charge in [0.05, 0.1) is 0 Å². The van der Waals surface area contributed by atoms with E-state index in [0.29, 0.717) is 12.8 Å². The molecule has 0 aromatic heterocycles. The van der Waals surface area contributed by atoms with E-state index in [-0.39, 0.29) is 11.8 Å². The number of rotatable bonds is 2. The zero-order valence-electron chi connectivity index (χ0n) is 15.6. The molecule has 2 nitrogen and oxygen atoms in total. The number of aliphatic hydroxyl groups is 2. The van der Waals surface area contributed by atoms with Crippen molar-refractivity contribution in [3.8, 4) is 11.8 Å². The Balaban J connectivity index is 1.91. The van der Waals surface area contributed by atoms with Crippen LogP contribution in [0.2, 0.25) is 0 Å². The van der Waals surface area contributed by atoms with Crippen LogP contribution in [0.25, 0.3) is 0 Å². The Morgan fingerprint density at radius 1 is 1.00 bits per heavy atom. The van der Waals surface area contributed by atoms with Crippen LogP contribution < -0.4 is 0 Å². The fourth-order valence-corrected chi connectivity index (χ4v) is 5.05. The summed E-state index contributed by atoms with van der Waals surface area (Å²) in [6.45, 7) is 3.90. The summed E-state index contributed by atoms with van der Waals surface area (Å²) in [4.78, 5) is 0. The maximum absolute atomic E-state index is 12.0. The van der Waals surface area contributed by atoms with Gasteiger partial charge in [0.2, 0.25) is 0 Å². The van der Waals surface area contributed by atoms with Crippen molar-refractivity contribution in [1.29, 1.82) is 0 Å². The number of benzene rings is 2. The van der Waals surface area contributed by atoms with E-state index in [9.17, 15) is 10.2 Å². The van der Waals surface area contributed by atoms with Crippen molar-refractivity contribution in [2.24, 2.45) is 0 Å². The predicted molar refractivity (Wildman–Crippen MR) is 108 cm³/mol. The third-order valence-electron chi connectivity index (χ3n) is 6.36. The third-order valence-corrected chi connectivity index (χ3v) is 6.36. The summed E-state index contributed by atoms with van der Waals surface area (Å²) in [6.07, 6.45) is 5.82. The number of allylic oxidation sites excluding steroid dienone is 1. The molecule has 0 saturated heterocycles. The van der Waals surface area contributed by atoms with Crippen molar-refractivity contribution < 1.29 is 10.2 Å². The van der Waals surface area contributed by atoms with Crippen LogP contribution in [0, 0.1) is 11.8 Å². The lowest BCUT2D eigenvalue weighted by atomic mass is 9.53. The van der Waals surface area contributed by atoms with Crippen molar-refractivity contribution >= 4 is 0 Å². The van der Waals surface area contributed by atoms with Crippen molar-refractivity contribution in [2.75, 3.05) is 0 Å². The Morgan fingerprint density at radius 2 is 1.70 bits per heavy atom. The smallest absolute Gasteiger partial charge is 0.161 e. The average molecular weight is 358 g/mol. The van der Waals surface area contributed by atoms with Gasteiger partial charge in [-0.05, 0) is 42.5 Å². The van der Waals surface area contributed by atoms with Gasteiger partial charge in [0, 0.05) is 17.4 Å². The van der Waals surface area contributed by atoms with E-state index in [1.807, 2.05) is 48.5 Å². The van der Waals surface area contributed by atoms with E-state index < -0.39 is 11.2 Å². The molecule has 138 valence electrons. The molecule has 0 heterocycles. The summed E-state index contributed by atoms with van der Waals surface area (Å²) in [5, 5.41) is 23.8. The van der Waals surface area contributed by atoms with Crippen LogP contribution in [0.1, 0.15) is 60.6 Å². The number of hydrogen-bond acceptors (Lipinski definition) is 2. The van der Waals surface area contributed by atoms with Gasteiger partial charge in [0.1, 0.15) is 5.60 Å². The van der Waals surface area contributed by atoms with Crippen LogP contribution in [0.15, 0.2) is 67.3 Å². The third kappa shape index (κ3) is 2.83. The second kappa shape index (κ2) is 7.00. The highest BCUT2D eigenvalue weighted by molar-refractivity contribution is 5.50. The lowest BCUT2D eigenvalue weighted by molar-refractivity contribution is -0.167. The van der Waals surface area contributed by atoms with Gasteiger partial charge in [-0.1, -0.05) is 73.2 Å². The molecule has 2 N–H and O–H groups in total. The van der Waals surface area contributed by atoms with Gasteiger partial charge in [0.15, 0.2) is 5.60 Å². The summed E-state index contributed by atoms with van der Waals surface area (Å²) >= 11 is 0. The van der Waals surface area contributed by atoms with E-state index in [2.05, 4.69) is 30.6 Å². The first-order valence-electron chi connectivity index (χ1n) is 9.83. The van der Waals surface area contributed by atoms with Crippen LogP contribution >= 0.6 is 0 Å². The molecule has 2 aliphatic carbocycles. The second-order valence-corrected chi connectivity index (χ2v) is 7.81. The molecular formula is C25H26O2. The Morgan fingerprint density at radius 3 is 2.44 bits per heavy atom. The van der Waals surface area contributed by atoms with Gasteiger partial charge in [-0.3, -0.25) is 0 Å². The Labute approximate surface area is 161 Å².